The van der Waals surface area contributed by atoms with Gasteiger partial charge in [-0.1, -0.05) is 0 Å². The highest BCUT2D eigenvalue weighted by atomic mass is 19.1. The maximum absolute atomic E-state index is 14.2. The van der Waals surface area contributed by atoms with Crippen LogP contribution in [0.2, 0.25) is 0 Å². The molecular weight excluding hydrogens is 331 g/mol. The molecule has 0 unspecified atom stereocenters. The summed E-state index contributed by atoms with van der Waals surface area (Å²) >= 11 is 0. The standard InChI is InChI=1S/C18H18F3N3O/c1-18(2,8-19)22-17(25)15-12-6-9-5-11(9)16(12)24(23-15)14-4-3-10(20)7-13(14)21/h3-4,7,9,11H,5-6,8H2,1-2H3,(H,22,25)/t9-,11-/m1/s1. The van der Waals surface area contributed by atoms with Crippen molar-refractivity contribution >= 4 is 5.91 Å². The van der Waals surface area contributed by atoms with E-state index in [1.54, 1.807) is 13.8 Å². The third-order valence-corrected chi connectivity index (χ3v) is 4.90. The number of hydrogen-bond acceptors (Lipinski definition) is 2. The lowest BCUT2D eigenvalue weighted by Crippen LogP contribution is -2.45. The van der Waals surface area contributed by atoms with E-state index in [1.165, 1.54) is 10.7 Å². The van der Waals surface area contributed by atoms with Gasteiger partial charge in [-0.15, -0.1) is 0 Å². The summed E-state index contributed by atoms with van der Waals surface area (Å²) in [4.78, 5) is 12.6. The number of hydrogen-bond donors (Lipinski definition) is 1. The van der Waals surface area contributed by atoms with Crippen molar-refractivity contribution in [2.24, 2.45) is 5.92 Å². The van der Waals surface area contributed by atoms with Crippen LogP contribution in [0.4, 0.5) is 13.2 Å². The third kappa shape index (κ3) is 2.62. The third-order valence-electron chi connectivity index (χ3n) is 4.90. The fourth-order valence-corrected chi connectivity index (χ4v) is 3.53. The van der Waals surface area contributed by atoms with Crippen LogP contribution < -0.4 is 5.32 Å². The molecule has 0 radical (unpaired) electrons. The number of nitrogens with zero attached hydrogens (tertiary/aromatic N) is 2. The summed E-state index contributed by atoms with van der Waals surface area (Å²) in [5.74, 6) is -1.17. The van der Waals surface area contributed by atoms with E-state index in [2.05, 4.69) is 10.4 Å². The molecule has 1 heterocycles. The Labute approximate surface area is 143 Å². The first-order valence-electron chi connectivity index (χ1n) is 8.26. The Hall–Kier alpha value is -2.31. The minimum Gasteiger partial charge on any atom is -0.343 e. The van der Waals surface area contributed by atoms with E-state index in [0.717, 1.165) is 29.8 Å². The summed E-state index contributed by atoms with van der Waals surface area (Å²) in [5, 5.41) is 6.93. The van der Waals surface area contributed by atoms with Crippen molar-refractivity contribution < 1.29 is 18.0 Å². The molecular formula is C18H18F3N3O. The molecule has 7 heteroatoms. The number of carbonyl (C=O) groups is 1. The second-order valence-electron chi connectivity index (χ2n) is 7.50. The van der Waals surface area contributed by atoms with E-state index in [9.17, 15) is 18.0 Å². The summed E-state index contributed by atoms with van der Waals surface area (Å²) in [6.07, 6.45) is 1.69. The van der Waals surface area contributed by atoms with Crippen molar-refractivity contribution in [1.29, 1.82) is 0 Å². The lowest BCUT2D eigenvalue weighted by atomic mass is 10.1. The van der Waals surface area contributed by atoms with Crippen molar-refractivity contribution in [3.63, 3.8) is 0 Å². The van der Waals surface area contributed by atoms with E-state index in [0.29, 0.717) is 12.3 Å². The Morgan fingerprint density at radius 3 is 2.84 bits per heavy atom. The summed E-state index contributed by atoms with van der Waals surface area (Å²) in [6, 6.07) is 3.29. The zero-order valence-electron chi connectivity index (χ0n) is 13.9. The molecule has 4 rings (SSSR count). The first kappa shape index (κ1) is 16.2. The topological polar surface area (TPSA) is 46.9 Å². The Morgan fingerprint density at radius 2 is 2.16 bits per heavy atom. The van der Waals surface area contributed by atoms with Gasteiger partial charge in [0.1, 0.15) is 18.2 Å². The van der Waals surface area contributed by atoms with Gasteiger partial charge in [0.25, 0.3) is 5.91 Å². The van der Waals surface area contributed by atoms with Gasteiger partial charge < -0.3 is 5.32 Å². The van der Waals surface area contributed by atoms with Crippen molar-refractivity contribution in [3.05, 3.63) is 46.8 Å². The predicted octanol–water partition coefficient (Wildman–Crippen LogP) is 3.29. The van der Waals surface area contributed by atoms with Crippen LogP contribution in [0.15, 0.2) is 18.2 Å². The zero-order chi connectivity index (χ0) is 17.9. The van der Waals surface area contributed by atoms with Crippen LogP contribution in [0.25, 0.3) is 5.69 Å². The first-order valence-corrected chi connectivity index (χ1v) is 8.26. The van der Waals surface area contributed by atoms with Gasteiger partial charge in [0.05, 0.1) is 11.2 Å². The molecule has 2 aliphatic carbocycles. The molecule has 2 aliphatic rings. The van der Waals surface area contributed by atoms with Crippen molar-refractivity contribution in [2.45, 2.75) is 38.1 Å². The highest BCUT2D eigenvalue weighted by Gasteiger charge is 2.50. The van der Waals surface area contributed by atoms with Gasteiger partial charge in [0, 0.05) is 17.5 Å². The fraction of sp³-hybridized carbons (Fsp3) is 0.444. The first-order chi connectivity index (χ1) is 11.8. The van der Waals surface area contributed by atoms with Gasteiger partial charge in [0.15, 0.2) is 11.5 Å². The monoisotopic (exact) mass is 349 g/mol. The molecule has 1 amide bonds. The number of rotatable bonds is 4. The van der Waals surface area contributed by atoms with E-state index in [1.807, 2.05) is 0 Å². The maximum atomic E-state index is 14.2. The summed E-state index contributed by atoms with van der Waals surface area (Å²) in [6.45, 7) is 2.46. The molecule has 1 aromatic heterocycles. The Morgan fingerprint density at radius 1 is 1.40 bits per heavy atom. The van der Waals surface area contributed by atoms with Crippen LogP contribution in [-0.2, 0) is 6.42 Å². The number of aromatic nitrogens is 2. The van der Waals surface area contributed by atoms with E-state index >= 15 is 0 Å². The molecule has 1 aromatic carbocycles. The van der Waals surface area contributed by atoms with Gasteiger partial charge in [-0.25, -0.2) is 17.9 Å². The number of alkyl halides is 1. The van der Waals surface area contributed by atoms with E-state index in [4.69, 9.17) is 0 Å². The van der Waals surface area contributed by atoms with E-state index in [-0.39, 0.29) is 17.3 Å². The van der Waals surface area contributed by atoms with Crippen LogP contribution in [-0.4, -0.2) is 27.9 Å². The number of nitrogens with one attached hydrogen (secondary N) is 1. The maximum Gasteiger partial charge on any atom is 0.272 e. The van der Waals surface area contributed by atoms with Crippen LogP contribution in [0.1, 0.15) is 47.9 Å². The molecule has 0 spiro atoms. The minimum absolute atomic E-state index is 0.119. The lowest BCUT2D eigenvalue weighted by molar-refractivity contribution is 0.0893. The molecule has 132 valence electrons. The van der Waals surface area contributed by atoms with Crippen LogP contribution in [0, 0.1) is 17.6 Å². The van der Waals surface area contributed by atoms with Gasteiger partial charge in [-0.2, -0.15) is 5.10 Å². The average molecular weight is 349 g/mol. The molecule has 1 saturated carbocycles. The van der Waals surface area contributed by atoms with Crippen molar-refractivity contribution in [1.82, 2.24) is 15.1 Å². The molecule has 2 aromatic rings. The molecule has 0 bridgehead atoms. The second kappa shape index (κ2) is 5.34. The fourth-order valence-electron chi connectivity index (χ4n) is 3.53. The van der Waals surface area contributed by atoms with Gasteiger partial charge >= 0.3 is 0 Å². The molecule has 0 aliphatic heterocycles. The van der Waals surface area contributed by atoms with Crippen LogP contribution in [0.5, 0.6) is 0 Å². The van der Waals surface area contributed by atoms with Gasteiger partial charge in [-0.05, 0) is 44.7 Å². The van der Waals surface area contributed by atoms with E-state index < -0.39 is 29.8 Å². The zero-order valence-corrected chi connectivity index (χ0v) is 13.9. The number of halogens is 3. The minimum atomic E-state index is -1.00. The van der Waals surface area contributed by atoms with Crippen LogP contribution >= 0.6 is 0 Å². The van der Waals surface area contributed by atoms with Gasteiger partial charge in [0.2, 0.25) is 0 Å². The Kier molecular flexibility index (Phi) is 3.46. The number of fused-ring (bicyclic) bond motifs is 3. The molecule has 25 heavy (non-hydrogen) atoms. The number of benzene rings is 1. The molecule has 1 N–H and O–H groups in total. The van der Waals surface area contributed by atoms with Gasteiger partial charge in [-0.3, -0.25) is 4.79 Å². The molecule has 1 fully saturated rings. The van der Waals surface area contributed by atoms with Crippen LogP contribution in [0.3, 0.4) is 0 Å². The highest BCUT2D eigenvalue weighted by molar-refractivity contribution is 5.95. The normalized spacial score (nSPS) is 21.0. The average Bonchev–Trinajstić information content (AvgIpc) is 3.04. The van der Waals surface area contributed by atoms with Crippen molar-refractivity contribution in [3.8, 4) is 5.69 Å². The van der Waals surface area contributed by atoms with Crippen molar-refractivity contribution in [2.75, 3.05) is 6.67 Å². The summed E-state index contributed by atoms with van der Waals surface area (Å²) < 4.78 is 41.9. The lowest BCUT2D eigenvalue weighted by Gasteiger charge is -2.21. The highest BCUT2D eigenvalue weighted by Crippen LogP contribution is 2.57. The number of carbonyl (C=O) groups excluding carboxylic acids is 1. The smallest absolute Gasteiger partial charge is 0.272 e. The number of amides is 1. The largest absolute Gasteiger partial charge is 0.343 e. The predicted molar refractivity (Wildman–Crippen MR) is 85.6 cm³/mol. The molecule has 2 atom stereocenters. The Bertz CT molecular complexity index is 875. The second-order valence-corrected chi connectivity index (χ2v) is 7.50. The SMILES string of the molecule is CC(C)(CF)NC(=O)c1nn(-c2ccc(F)cc2F)c2c1C[C@H]1C[C@@H]21. The Balaban J connectivity index is 1.78. The summed E-state index contributed by atoms with van der Waals surface area (Å²) in [5.41, 5.74) is 0.924. The molecule has 4 nitrogen and oxygen atoms in total. The quantitative estimate of drug-likeness (QED) is 0.921. The molecule has 0 saturated heterocycles. The summed E-state index contributed by atoms with van der Waals surface area (Å²) in [7, 11) is 0.